The third-order valence-electron chi connectivity index (χ3n) is 6.42. The number of unbranched alkanes of at least 4 members (excludes halogenated alkanes) is 2. The van der Waals surface area contributed by atoms with Gasteiger partial charge in [0.05, 0.1) is 0 Å². The van der Waals surface area contributed by atoms with Crippen LogP contribution >= 0.6 is 12.6 Å². The first kappa shape index (κ1) is 32.8. The van der Waals surface area contributed by atoms with Gasteiger partial charge in [0, 0.05) is 67.0 Å². The van der Waals surface area contributed by atoms with E-state index in [-0.39, 0.29) is 24.0 Å². The zero-order valence-electron chi connectivity index (χ0n) is 22.4. The number of hydrogen-bond acceptors (Lipinski definition) is 10. The minimum Gasteiger partial charge on any atom is -0.464 e. The highest BCUT2D eigenvalue weighted by Gasteiger charge is 2.56. The van der Waals surface area contributed by atoms with E-state index in [0.717, 1.165) is 18.7 Å². The maximum Gasteiger partial charge on any atom is 0.305 e. The first-order chi connectivity index (χ1) is 17.9. The highest BCUT2D eigenvalue weighted by Crippen LogP contribution is 2.36. The third kappa shape index (κ3) is 13.8. The van der Waals surface area contributed by atoms with Gasteiger partial charge in [-0.05, 0) is 76.6 Å². The molecule has 0 amide bonds. The fraction of sp³-hybridized carbons (Fsp3) is 0.913. The van der Waals surface area contributed by atoms with Gasteiger partial charge < -0.3 is 14.4 Å². The summed E-state index contributed by atoms with van der Waals surface area (Å²) in [5.74, 6) is 0.358. The molecule has 210 valence electrons. The molecule has 0 aromatic heterocycles. The van der Waals surface area contributed by atoms with E-state index >= 15 is 0 Å². The number of esters is 2. The predicted molar refractivity (Wildman–Crippen MR) is 145 cm³/mol. The molecule has 2 atom stereocenters. The van der Waals surface area contributed by atoms with E-state index in [9.17, 15) is 9.59 Å². The predicted octanol–water partition coefficient (Wildman–Crippen LogP) is 3.27. The molecule has 0 N–H and O–H groups in total. The summed E-state index contributed by atoms with van der Waals surface area (Å²) in [4.78, 5) is 36.1. The Hall–Kier alpha value is -2.21. The molecule has 1 fully saturated rings. The van der Waals surface area contributed by atoms with Crippen molar-refractivity contribution in [3.63, 3.8) is 0 Å². The molecule has 2 unspecified atom stereocenters. The number of ether oxygens (including phenoxy) is 2. The first-order valence-corrected chi connectivity index (χ1v) is 13.5. The van der Waals surface area contributed by atoms with E-state index in [4.69, 9.17) is 20.5 Å². The lowest BCUT2D eigenvalue weighted by molar-refractivity contribution is -0.145. The molecule has 1 aliphatic rings. The van der Waals surface area contributed by atoms with Crippen LogP contribution in [0.3, 0.4) is 0 Å². The number of carbonyl (C=O) groups is 2. The Labute approximate surface area is 225 Å². The fourth-order valence-electron chi connectivity index (χ4n) is 4.34. The lowest BCUT2D eigenvalue weighted by Crippen LogP contribution is -2.34. The molecule has 0 aromatic carbocycles. The number of rotatable bonds is 22. The van der Waals surface area contributed by atoms with Gasteiger partial charge in [-0.3, -0.25) is 19.4 Å². The number of likely N-dealkylation sites (N-methyl/N-ethyl adjacent to an activating group) is 3. The van der Waals surface area contributed by atoms with Crippen molar-refractivity contribution < 1.29 is 19.1 Å². The SMILES string of the molecule is CN(CCCS)C1C(N(C)CCOC(=O)CCCCN=[N+]=[N-])C1N(C)CCOC(=O)CCCCN=[N+]=[N-]. The van der Waals surface area contributed by atoms with E-state index in [1.54, 1.807) is 0 Å². The van der Waals surface area contributed by atoms with Crippen molar-refractivity contribution in [3.8, 4) is 0 Å². The topological polar surface area (TPSA) is 160 Å². The Balaban J connectivity index is 2.45. The molecule has 0 saturated heterocycles. The van der Waals surface area contributed by atoms with Crippen molar-refractivity contribution >= 4 is 24.6 Å². The fourth-order valence-corrected chi connectivity index (χ4v) is 4.48. The Morgan fingerprint density at radius 2 is 1.14 bits per heavy atom. The third-order valence-corrected chi connectivity index (χ3v) is 6.74. The molecule has 0 aromatic rings. The van der Waals surface area contributed by atoms with E-state index in [2.05, 4.69) is 54.4 Å². The largest absolute Gasteiger partial charge is 0.464 e. The standard InChI is InChI=1S/C23H43N9O4S/c1-30(13-8-18-37)21-22(31(2)14-16-35-19(33)9-4-6-11-26-28-24)23(21)32(3)15-17-36-20(34)10-5-7-12-27-29-25/h21-23,37H,4-18H2,1-3H3. The van der Waals surface area contributed by atoms with Gasteiger partial charge in [0.1, 0.15) is 13.2 Å². The maximum atomic E-state index is 12.0. The minimum atomic E-state index is -0.235. The monoisotopic (exact) mass is 541 g/mol. The lowest BCUT2D eigenvalue weighted by Gasteiger charge is -2.20. The van der Waals surface area contributed by atoms with Gasteiger partial charge >= 0.3 is 11.9 Å². The molecule has 13 nitrogen and oxygen atoms in total. The summed E-state index contributed by atoms with van der Waals surface area (Å²) in [7, 11) is 6.21. The Kier molecular flexibility index (Phi) is 17.6. The van der Waals surface area contributed by atoms with E-state index in [0.29, 0.717) is 84.0 Å². The average Bonchev–Trinajstić information content (AvgIpc) is 3.63. The number of nitrogens with zero attached hydrogens (tertiary/aromatic N) is 9. The van der Waals surface area contributed by atoms with Crippen LogP contribution in [0.15, 0.2) is 10.2 Å². The van der Waals surface area contributed by atoms with Crippen LogP contribution in [-0.2, 0) is 19.1 Å². The van der Waals surface area contributed by atoms with Crippen LogP contribution < -0.4 is 0 Å². The molecule has 1 rings (SSSR count). The number of thiol groups is 1. The van der Waals surface area contributed by atoms with Crippen LogP contribution in [0.5, 0.6) is 0 Å². The van der Waals surface area contributed by atoms with Crippen LogP contribution in [0.4, 0.5) is 0 Å². The zero-order valence-corrected chi connectivity index (χ0v) is 23.3. The zero-order chi connectivity index (χ0) is 27.5. The van der Waals surface area contributed by atoms with Crippen LogP contribution in [-0.4, -0.2) is 118 Å². The van der Waals surface area contributed by atoms with Crippen LogP contribution in [0.25, 0.3) is 20.9 Å². The first-order valence-electron chi connectivity index (χ1n) is 12.9. The van der Waals surface area contributed by atoms with Gasteiger partial charge in [-0.15, -0.1) is 0 Å². The molecule has 0 spiro atoms. The summed E-state index contributed by atoms with van der Waals surface area (Å²) in [6.45, 7) is 3.62. The Morgan fingerprint density at radius 3 is 1.51 bits per heavy atom. The van der Waals surface area contributed by atoms with Gasteiger partial charge in [0.15, 0.2) is 0 Å². The van der Waals surface area contributed by atoms with E-state index in [1.807, 2.05) is 14.1 Å². The van der Waals surface area contributed by atoms with Crippen molar-refractivity contribution in [2.24, 2.45) is 10.2 Å². The number of azide groups is 2. The smallest absolute Gasteiger partial charge is 0.305 e. The maximum absolute atomic E-state index is 12.0. The summed E-state index contributed by atoms with van der Waals surface area (Å²) < 4.78 is 10.8. The van der Waals surface area contributed by atoms with Crippen LogP contribution in [0, 0.1) is 0 Å². The molecule has 0 aliphatic heterocycles. The normalized spacial score (nSPS) is 18.4. The molecule has 14 heteroatoms. The highest BCUT2D eigenvalue weighted by atomic mass is 32.1. The summed E-state index contributed by atoms with van der Waals surface area (Å²) in [5.41, 5.74) is 16.6. The second kappa shape index (κ2) is 19.8. The summed E-state index contributed by atoms with van der Waals surface area (Å²) in [6, 6.07) is 0.866. The van der Waals surface area contributed by atoms with Gasteiger partial charge in [-0.25, -0.2) is 0 Å². The second-order valence-electron chi connectivity index (χ2n) is 9.25. The lowest BCUT2D eigenvalue weighted by atomic mass is 10.2. The molecule has 1 saturated carbocycles. The van der Waals surface area contributed by atoms with Crippen molar-refractivity contribution in [1.82, 2.24) is 14.7 Å². The summed E-state index contributed by atoms with van der Waals surface area (Å²) >= 11 is 4.34. The minimum absolute atomic E-state index is 0.235. The molecule has 0 radical (unpaired) electrons. The van der Waals surface area contributed by atoms with Gasteiger partial charge in [-0.2, -0.15) is 12.6 Å². The Bertz CT molecular complexity index is 721. The van der Waals surface area contributed by atoms with Crippen molar-refractivity contribution in [3.05, 3.63) is 20.9 Å². The van der Waals surface area contributed by atoms with Crippen molar-refractivity contribution in [2.75, 3.05) is 72.8 Å². The van der Waals surface area contributed by atoms with Gasteiger partial charge in [-0.1, -0.05) is 10.2 Å². The summed E-state index contributed by atoms with van der Waals surface area (Å²) in [5, 5.41) is 6.92. The molecule has 1 aliphatic carbocycles. The van der Waals surface area contributed by atoms with Crippen LogP contribution in [0.1, 0.15) is 44.9 Å². The van der Waals surface area contributed by atoms with Gasteiger partial charge in [0.25, 0.3) is 0 Å². The molecule has 37 heavy (non-hydrogen) atoms. The second-order valence-corrected chi connectivity index (χ2v) is 9.70. The van der Waals surface area contributed by atoms with Gasteiger partial charge in [0.2, 0.25) is 0 Å². The van der Waals surface area contributed by atoms with E-state index in [1.165, 1.54) is 0 Å². The van der Waals surface area contributed by atoms with Crippen LogP contribution in [0.2, 0.25) is 0 Å². The molecular formula is C23H43N9O4S. The quantitative estimate of drug-likeness (QED) is 0.0549. The highest BCUT2D eigenvalue weighted by molar-refractivity contribution is 7.80. The molecular weight excluding hydrogens is 498 g/mol. The number of hydrogen-bond donors (Lipinski definition) is 1. The average molecular weight is 542 g/mol. The molecule has 0 heterocycles. The number of carbonyl (C=O) groups excluding carboxylic acids is 2. The summed E-state index contributed by atoms with van der Waals surface area (Å²) in [6.07, 6.45) is 4.26. The molecule has 0 bridgehead atoms. The van der Waals surface area contributed by atoms with Crippen molar-refractivity contribution in [2.45, 2.75) is 63.1 Å². The van der Waals surface area contributed by atoms with Crippen molar-refractivity contribution in [1.29, 1.82) is 0 Å². The van der Waals surface area contributed by atoms with E-state index < -0.39 is 0 Å². The Morgan fingerprint density at radius 1 is 0.730 bits per heavy atom.